The molecule has 1 nitrogen and oxygen atoms in total. The molecule has 0 aliphatic heterocycles. The zero-order chi connectivity index (χ0) is 27.5. The van der Waals surface area contributed by atoms with Crippen LogP contribution in [0.1, 0.15) is 146 Å². The molecule has 1 heterocycles. The molecule has 0 atom stereocenters. The fraction of sp³-hybridized carbons (Fsp3) is 0.639. The molecular formula is C36H51FOS. The van der Waals surface area contributed by atoms with Crippen LogP contribution in [0.25, 0.3) is 21.7 Å². The van der Waals surface area contributed by atoms with E-state index in [1.54, 1.807) is 0 Å². The number of halogens is 1. The van der Waals surface area contributed by atoms with Crippen LogP contribution >= 0.6 is 12.2 Å². The van der Waals surface area contributed by atoms with Gasteiger partial charge in [0.25, 0.3) is 0 Å². The SMILES string of the molecule is CCCCCCCCCCc1ccc2c(oc(=S)c3cc(C4CCC(CCCCCCC)CC4)ccc32)c1F. The van der Waals surface area contributed by atoms with Gasteiger partial charge >= 0.3 is 0 Å². The van der Waals surface area contributed by atoms with E-state index in [0.29, 0.717) is 16.2 Å². The molecule has 1 aromatic heterocycles. The Morgan fingerprint density at radius 1 is 0.718 bits per heavy atom. The molecule has 1 aliphatic carbocycles. The van der Waals surface area contributed by atoms with E-state index in [9.17, 15) is 0 Å². The van der Waals surface area contributed by atoms with Crippen molar-refractivity contribution in [3.63, 3.8) is 0 Å². The summed E-state index contributed by atoms with van der Waals surface area (Å²) < 4.78 is 21.9. The van der Waals surface area contributed by atoms with Crippen LogP contribution < -0.4 is 0 Å². The van der Waals surface area contributed by atoms with Gasteiger partial charge in [-0.1, -0.05) is 122 Å². The highest BCUT2D eigenvalue weighted by molar-refractivity contribution is 7.71. The molecule has 0 radical (unpaired) electrons. The molecule has 0 spiro atoms. The van der Waals surface area contributed by atoms with Gasteiger partial charge in [-0.2, -0.15) is 0 Å². The van der Waals surface area contributed by atoms with E-state index in [4.69, 9.17) is 16.6 Å². The molecule has 4 rings (SSSR count). The second-order valence-electron chi connectivity index (χ2n) is 12.3. The molecule has 214 valence electrons. The zero-order valence-electron chi connectivity index (χ0n) is 24.7. The van der Waals surface area contributed by atoms with E-state index >= 15 is 4.39 Å². The Balaban J connectivity index is 1.37. The minimum atomic E-state index is -0.222. The summed E-state index contributed by atoms with van der Waals surface area (Å²) in [4.78, 5) is 0. The van der Waals surface area contributed by atoms with Gasteiger partial charge in [0.2, 0.25) is 0 Å². The highest BCUT2D eigenvalue weighted by Crippen LogP contribution is 2.40. The summed E-state index contributed by atoms with van der Waals surface area (Å²) in [5, 5.41) is 2.82. The van der Waals surface area contributed by atoms with Crippen molar-refractivity contribution >= 4 is 34.0 Å². The van der Waals surface area contributed by atoms with E-state index in [0.717, 1.165) is 46.9 Å². The van der Waals surface area contributed by atoms with Gasteiger partial charge in [0.05, 0.1) is 0 Å². The minimum Gasteiger partial charge on any atom is -0.441 e. The molecular weight excluding hydrogens is 499 g/mol. The van der Waals surface area contributed by atoms with Crippen molar-refractivity contribution < 1.29 is 8.81 Å². The first-order valence-electron chi connectivity index (χ1n) is 16.3. The van der Waals surface area contributed by atoms with E-state index < -0.39 is 0 Å². The van der Waals surface area contributed by atoms with Gasteiger partial charge in [0.15, 0.2) is 16.1 Å². The molecule has 1 fully saturated rings. The molecule has 0 saturated heterocycles. The van der Waals surface area contributed by atoms with Crippen molar-refractivity contribution in [1.29, 1.82) is 0 Å². The standard InChI is InChI=1S/C36H51FOS/c1-3-5-7-9-10-11-13-15-17-29-22-25-32-31-24-23-30(26-33(31)36(39)38-35(32)34(29)37)28-20-18-27(19-21-28)16-14-12-8-6-4-2/h22-28H,3-21H2,1-2H3. The van der Waals surface area contributed by atoms with Gasteiger partial charge in [0, 0.05) is 10.8 Å². The lowest BCUT2D eigenvalue weighted by Crippen LogP contribution is -2.13. The fourth-order valence-electron chi connectivity index (χ4n) is 6.74. The third-order valence-electron chi connectivity index (χ3n) is 9.26. The molecule has 1 saturated carbocycles. The van der Waals surface area contributed by atoms with Crippen molar-refractivity contribution in [2.24, 2.45) is 5.92 Å². The van der Waals surface area contributed by atoms with Crippen molar-refractivity contribution in [1.82, 2.24) is 0 Å². The van der Waals surface area contributed by atoms with Crippen molar-refractivity contribution in [2.75, 3.05) is 0 Å². The van der Waals surface area contributed by atoms with E-state index in [-0.39, 0.29) is 5.82 Å². The molecule has 0 bridgehead atoms. The molecule has 0 amide bonds. The summed E-state index contributed by atoms with van der Waals surface area (Å²) in [7, 11) is 0. The Kier molecular flexibility index (Phi) is 12.3. The van der Waals surface area contributed by atoms with Crippen LogP contribution in [0.2, 0.25) is 0 Å². The fourth-order valence-corrected chi connectivity index (χ4v) is 6.99. The van der Waals surface area contributed by atoms with Crippen LogP contribution in [-0.2, 0) is 6.42 Å². The maximum absolute atomic E-state index is 15.5. The number of rotatable bonds is 16. The van der Waals surface area contributed by atoms with Gasteiger partial charge in [-0.25, -0.2) is 4.39 Å². The number of aryl methyl sites for hydroxylation is 1. The second-order valence-corrected chi connectivity index (χ2v) is 12.6. The smallest absolute Gasteiger partial charge is 0.198 e. The first-order valence-corrected chi connectivity index (χ1v) is 16.7. The number of hydrogen-bond acceptors (Lipinski definition) is 2. The number of benzene rings is 2. The molecule has 3 aromatic rings. The summed E-state index contributed by atoms with van der Waals surface area (Å²) in [6.07, 6.45) is 24.3. The van der Waals surface area contributed by atoms with Gasteiger partial charge < -0.3 is 4.42 Å². The first kappa shape index (κ1) is 30.2. The Morgan fingerprint density at radius 2 is 1.33 bits per heavy atom. The van der Waals surface area contributed by atoms with Crippen LogP contribution in [0.4, 0.5) is 4.39 Å². The van der Waals surface area contributed by atoms with Gasteiger partial charge in [-0.3, -0.25) is 0 Å². The highest BCUT2D eigenvalue weighted by Gasteiger charge is 2.23. The number of unbranched alkanes of at least 4 members (excludes halogenated alkanes) is 11. The van der Waals surface area contributed by atoms with Crippen molar-refractivity contribution in [2.45, 2.75) is 142 Å². The second kappa shape index (κ2) is 15.9. The predicted molar refractivity (Wildman–Crippen MR) is 169 cm³/mol. The summed E-state index contributed by atoms with van der Waals surface area (Å²) in [6, 6.07) is 10.7. The molecule has 1 aliphatic rings. The predicted octanol–water partition coefficient (Wildman–Crippen LogP) is 12.8. The largest absolute Gasteiger partial charge is 0.441 e. The average molecular weight is 551 g/mol. The Labute approximate surface area is 242 Å². The number of hydrogen-bond donors (Lipinski definition) is 0. The van der Waals surface area contributed by atoms with Crippen LogP contribution in [0.3, 0.4) is 0 Å². The average Bonchev–Trinajstić information content (AvgIpc) is 2.96. The van der Waals surface area contributed by atoms with E-state index in [1.807, 2.05) is 12.1 Å². The van der Waals surface area contributed by atoms with Gasteiger partial charge in [0.1, 0.15) is 0 Å². The molecule has 0 unspecified atom stereocenters. The van der Waals surface area contributed by atoms with E-state index in [2.05, 4.69) is 32.0 Å². The van der Waals surface area contributed by atoms with Gasteiger partial charge in [-0.05, 0) is 85.2 Å². The molecule has 0 N–H and O–H groups in total. The normalized spacial score (nSPS) is 17.8. The zero-order valence-corrected chi connectivity index (χ0v) is 25.5. The number of fused-ring (bicyclic) bond motifs is 3. The van der Waals surface area contributed by atoms with Crippen LogP contribution in [0.5, 0.6) is 0 Å². The molecule has 3 heteroatoms. The van der Waals surface area contributed by atoms with Crippen molar-refractivity contribution in [3.05, 3.63) is 52.0 Å². The lowest BCUT2D eigenvalue weighted by atomic mass is 9.76. The minimum absolute atomic E-state index is 0.222. The maximum atomic E-state index is 15.5. The summed E-state index contributed by atoms with van der Waals surface area (Å²) in [5.41, 5.74) is 2.46. The van der Waals surface area contributed by atoms with Crippen LogP contribution in [0, 0.1) is 16.4 Å². The molecule has 2 aromatic carbocycles. The maximum Gasteiger partial charge on any atom is 0.198 e. The third-order valence-corrected chi connectivity index (χ3v) is 9.56. The van der Waals surface area contributed by atoms with Gasteiger partial charge in [-0.15, -0.1) is 0 Å². The first-order chi connectivity index (χ1) is 19.1. The van der Waals surface area contributed by atoms with Crippen molar-refractivity contribution in [3.8, 4) is 0 Å². The Bertz CT molecular complexity index is 1220. The van der Waals surface area contributed by atoms with Crippen LogP contribution in [-0.4, -0.2) is 0 Å². The van der Waals surface area contributed by atoms with E-state index in [1.165, 1.54) is 108 Å². The quantitative estimate of drug-likeness (QED) is 0.0999. The summed E-state index contributed by atoms with van der Waals surface area (Å²) in [6.45, 7) is 4.54. The molecule has 39 heavy (non-hydrogen) atoms. The Morgan fingerprint density at radius 3 is 2.03 bits per heavy atom. The lowest BCUT2D eigenvalue weighted by Gasteiger charge is -2.29. The lowest BCUT2D eigenvalue weighted by molar-refractivity contribution is 0.302. The monoisotopic (exact) mass is 550 g/mol. The van der Waals surface area contributed by atoms with Crippen LogP contribution in [0.15, 0.2) is 34.7 Å². The summed E-state index contributed by atoms with van der Waals surface area (Å²) in [5.74, 6) is 1.28. The third kappa shape index (κ3) is 8.38. The summed E-state index contributed by atoms with van der Waals surface area (Å²) >= 11 is 5.67. The topological polar surface area (TPSA) is 13.1 Å². The Hall–Kier alpha value is -1.74. The highest BCUT2D eigenvalue weighted by atomic mass is 32.1.